The van der Waals surface area contributed by atoms with E-state index < -0.39 is 15.9 Å². The summed E-state index contributed by atoms with van der Waals surface area (Å²) in [5.41, 5.74) is 1.03. The number of carbonyl (C=O) groups is 1. The summed E-state index contributed by atoms with van der Waals surface area (Å²) in [6.07, 6.45) is 5.53. The van der Waals surface area contributed by atoms with Crippen molar-refractivity contribution in [3.8, 4) is 30.2 Å². The second-order valence-electron chi connectivity index (χ2n) is 7.40. The Bertz CT molecular complexity index is 1530. The molecule has 0 aliphatic heterocycles. The van der Waals surface area contributed by atoms with Gasteiger partial charge in [-0.15, -0.1) is 6.42 Å². The first-order valence-corrected chi connectivity index (χ1v) is 13.2. The summed E-state index contributed by atoms with van der Waals surface area (Å²) in [6, 6.07) is 14.8. The standard InChI is InChI=1S/C25H23N5O4S2/c1-3-15-30-22-12-9-20(34-4-2)18-23(22)35-25(30)28-24(31)19-7-10-21(11-8-19)36(32,33)29(16-5-13-26)17-6-14-27/h1,7-12,18H,4-6,15-17H2,2H3. The molecule has 9 nitrogen and oxygen atoms in total. The van der Waals surface area contributed by atoms with Gasteiger partial charge in [0.1, 0.15) is 5.75 Å². The molecule has 1 aromatic heterocycles. The molecule has 0 spiro atoms. The molecule has 0 bridgehead atoms. The van der Waals surface area contributed by atoms with Crippen molar-refractivity contribution < 1.29 is 17.9 Å². The second kappa shape index (κ2) is 12.1. The smallest absolute Gasteiger partial charge is 0.279 e. The maximum atomic E-state index is 13.0. The lowest BCUT2D eigenvalue weighted by atomic mass is 10.2. The van der Waals surface area contributed by atoms with Gasteiger partial charge >= 0.3 is 0 Å². The number of sulfonamides is 1. The Morgan fingerprint density at radius 1 is 1.14 bits per heavy atom. The minimum Gasteiger partial charge on any atom is -0.494 e. The molecule has 2 aromatic carbocycles. The summed E-state index contributed by atoms with van der Waals surface area (Å²) in [5.74, 6) is 2.73. The second-order valence-corrected chi connectivity index (χ2v) is 10.3. The van der Waals surface area contributed by atoms with Crippen LogP contribution in [0.5, 0.6) is 5.75 Å². The summed E-state index contributed by atoms with van der Waals surface area (Å²) >= 11 is 1.30. The summed E-state index contributed by atoms with van der Waals surface area (Å²) in [6.45, 7) is 2.59. The largest absolute Gasteiger partial charge is 0.494 e. The predicted molar refractivity (Wildman–Crippen MR) is 135 cm³/mol. The molecular formula is C25H23N5O4S2. The fourth-order valence-electron chi connectivity index (χ4n) is 3.41. The number of hydrogen-bond acceptors (Lipinski definition) is 7. The number of carbonyl (C=O) groups excluding carboxylic acids is 1. The van der Waals surface area contributed by atoms with Crippen molar-refractivity contribution in [3.63, 3.8) is 0 Å². The minimum atomic E-state index is -3.93. The number of aromatic nitrogens is 1. The Labute approximate surface area is 213 Å². The molecule has 0 fully saturated rings. The van der Waals surface area contributed by atoms with Crippen LogP contribution in [0.15, 0.2) is 52.4 Å². The number of amides is 1. The normalized spacial score (nSPS) is 11.7. The van der Waals surface area contributed by atoms with E-state index in [-0.39, 0.29) is 42.9 Å². The quantitative estimate of drug-likeness (QED) is 0.377. The number of terminal acetylenes is 1. The van der Waals surface area contributed by atoms with E-state index in [0.717, 1.165) is 14.5 Å². The van der Waals surface area contributed by atoms with Gasteiger partial charge in [0.05, 0.1) is 40.4 Å². The lowest BCUT2D eigenvalue weighted by Crippen LogP contribution is -2.32. The molecule has 0 aliphatic rings. The number of hydrogen-bond donors (Lipinski definition) is 0. The highest BCUT2D eigenvalue weighted by molar-refractivity contribution is 7.89. The molecule has 11 heteroatoms. The van der Waals surface area contributed by atoms with Crippen molar-refractivity contribution in [2.45, 2.75) is 31.2 Å². The number of nitrogens with zero attached hydrogens (tertiary/aromatic N) is 5. The maximum Gasteiger partial charge on any atom is 0.279 e. The topological polar surface area (TPSA) is 129 Å². The zero-order valence-electron chi connectivity index (χ0n) is 19.5. The van der Waals surface area contributed by atoms with Gasteiger partial charge in [0.25, 0.3) is 5.91 Å². The molecule has 0 aliphatic carbocycles. The van der Waals surface area contributed by atoms with Crippen LogP contribution in [0, 0.1) is 35.0 Å². The van der Waals surface area contributed by atoms with Gasteiger partial charge < -0.3 is 9.30 Å². The molecule has 3 rings (SSSR count). The molecule has 0 radical (unpaired) electrons. The van der Waals surface area contributed by atoms with Crippen molar-refractivity contribution >= 4 is 37.5 Å². The van der Waals surface area contributed by atoms with E-state index in [1.807, 2.05) is 37.3 Å². The van der Waals surface area contributed by atoms with Crippen LogP contribution >= 0.6 is 11.3 Å². The van der Waals surface area contributed by atoms with E-state index in [1.54, 1.807) is 4.57 Å². The third-order valence-electron chi connectivity index (χ3n) is 5.10. The molecular weight excluding hydrogens is 498 g/mol. The van der Waals surface area contributed by atoms with E-state index in [0.29, 0.717) is 17.2 Å². The molecule has 0 atom stereocenters. The van der Waals surface area contributed by atoms with Crippen LogP contribution in [0.2, 0.25) is 0 Å². The van der Waals surface area contributed by atoms with Crippen LogP contribution in [0.1, 0.15) is 30.1 Å². The summed E-state index contributed by atoms with van der Waals surface area (Å²) in [5, 5.41) is 17.7. The average Bonchev–Trinajstić information content (AvgIpc) is 3.20. The fourth-order valence-corrected chi connectivity index (χ4v) is 5.91. The first-order valence-electron chi connectivity index (χ1n) is 11.0. The van der Waals surface area contributed by atoms with Crippen LogP contribution in [0.25, 0.3) is 10.2 Å². The Kier molecular flexibility index (Phi) is 8.99. The number of thiazole rings is 1. The van der Waals surface area contributed by atoms with Crippen LogP contribution in [0.4, 0.5) is 0 Å². The monoisotopic (exact) mass is 521 g/mol. The molecule has 184 valence electrons. The van der Waals surface area contributed by atoms with Crippen molar-refractivity contribution in [1.29, 1.82) is 10.5 Å². The van der Waals surface area contributed by atoms with E-state index in [4.69, 9.17) is 21.7 Å². The SMILES string of the molecule is C#CCn1c(=NC(=O)c2ccc(S(=O)(=O)N(CCC#N)CCC#N)cc2)sc2cc(OCC)ccc21. The van der Waals surface area contributed by atoms with Gasteiger partial charge in [-0.2, -0.15) is 19.8 Å². The molecule has 0 saturated carbocycles. The molecule has 0 saturated heterocycles. The van der Waals surface area contributed by atoms with Crippen LogP contribution < -0.4 is 9.54 Å². The third kappa shape index (κ3) is 5.99. The number of nitriles is 2. The summed E-state index contributed by atoms with van der Waals surface area (Å²) in [4.78, 5) is 17.5. The van der Waals surface area contributed by atoms with E-state index >= 15 is 0 Å². The Balaban J connectivity index is 1.93. The lowest BCUT2D eigenvalue weighted by molar-refractivity contribution is 0.0997. The van der Waals surface area contributed by atoms with Gasteiger partial charge in [-0.05, 0) is 49.4 Å². The van der Waals surface area contributed by atoms with Crippen molar-refractivity contribution in [2.75, 3.05) is 19.7 Å². The van der Waals surface area contributed by atoms with Crippen LogP contribution in [-0.2, 0) is 16.6 Å². The number of ether oxygens (including phenoxy) is 1. The minimum absolute atomic E-state index is 0.000997. The van der Waals surface area contributed by atoms with Crippen LogP contribution in [0.3, 0.4) is 0 Å². The number of benzene rings is 2. The molecule has 36 heavy (non-hydrogen) atoms. The third-order valence-corrected chi connectivity index (χ3v) is 8.05. The highest BCUT2D eigenvalue weighted by Crippen LogP contribution is 2.24. The zero-order valence-corrected chi connectivity index (χ0v) is 21.2. The maximum absolute atomic E-state index is 13.0. The first kappa shape index (κ1) is 26.7. The number of rotatable bonds is 10. The highest BCUT2D eigenvalue weighted by atomic mass is 32.2. The Morgan fingerprint density at radius 2 is 1.81 bits per heavy atom. The van der Waals surface area contributed by atoms with Crippen LogP contribution in [-0.4, -0.2) is 42.9 Å². The predicted octanol–water partition coefficient (Wildman–Crippen LogP) is 3.29. The van der Waals surface area contributed by atoms with E-state index in [2.05, 4.69) is 10.9 Å². The first-order chi connectivity index (χ1) is 17.3. The molecule has 0 unspecified atom stereocenters. The average molecular weight is 522 g/mol. The van der Waals surface area contributed by atoms with Crippen molar-refractivity contribution in [1.82, 2.24) is 8.87 Å². The van der Waals surface area contributed by atoms with Gasteiger partial charge in [0.15, 0.2) is 4.80 Å². The summed E-state index contributed by atoms with van der Waals surface area (Å²) in [7, 11) is -3.93. The fraction of sp³-hybridized carbons (Fsp3) is 0.280. The van der Waals surface area contributed by atoms with Gasteiger partial charge in [-0.1, -0.05) is 17.3 Å². The molecule has 1 heterocycles. The lowest BCUT2D eigenvalue weighted by Gasteiger charge is -2.20. The van der Waals surface area contributed by atoms with E-state index in [1.165, 1.54) is 35.6 Å². The summed E-state index contributed by atoms with van der Waals surface area (Å²) < 4.78 is 35.2. The van der Waals surface area contributed by atoms with E-state index in [9.17, 15) is 13.2 Å². The Morgan fingerprint density at radius 3 is 2.39 bits per heavy atom. The van der Waals surface area contributed by atoms with Gasteiger partial charge in [0.2, 0.25) is 10.0 Å². The number of fused-ring (bicyclic) bond motifs is 1. The van der Waals surface area contributed by atoms with Crippen molar-refractivity contribution in [2.24, 2.45) is 4.99 Å². The molecule has 0 N–H and O–H groups in total. The van der Waals surface area contributed by atoms with Crippen molar-refractivity contribution in [3.05, 3.63) is 52.8 Å². The van der Waals surface area contributed by atoms with Gasteiger partial charge in [-0.25, -0.2) is 8.42 Å². The highest BCUT2D eigenvalue weighted by Gasteiger charge is 2.24. The Hall–Kier alpha value is -3.95. The molecule has 1 amide bonds. The van der Waals surface area contributed by atoms with Gasteiger partial charge in [-0.3, -0.25) is 4.79 Å². The zero-order chi connectivity index (χ0) is 26.1. The van der Waals surface area contributed by atoms with Gasteiger partial charge in [0, 0.05) is 31.5 Å². The molecule has 3 aromatic rings.